The van der Waals surface area contributed by atoms with E-state index < -0.39 is 0 Å². The largest absolute Gasteiger partial charge is 0.395 e. The topological polar surface area (TPSA) is 35.5 Å². The number of rotatable bonds is 7. The number of likely N-dealkylation sites (tertiary alicyclic amines) is 1. The van der Waals surface area contributed by atoms with Crippen LogP contribution in [0.4, 0.5) is 0 Å². The first-order chi connectivity index (χ1) is 8.58. The lowest BCUT2D eigenvalue weighted by Gasteiger charge is -2.37. The van der Waals surface area contributed by atoms with Crippen LogP contribution >= 0.6 is 0 Å². The Morgan fingerprint density at radius 3 is 2.28 bits per heavy atom. The van der Waals surface area contributed by atoms with Gasteiger partial charge in [-0.1, -0.05) is 20.8 Å². The highest BCUT2D eigenvalue weighted by atomic mass is 16.3. The molecule has 1 fully saturated rings. The summed E-state index contributed by atoms with van der Waals surface area (Å²) < 4.78 is 0. The number of aliphatic hydroxyl groups is 1. The van der Waals surface area contributed by atoms with Crippen LogP contribution in [-0.2, 0) is 0 Å². The molecule has 1 aliphatic heterocycles. The van der Waals surface area contributed by atoms with Gasteiger partial charge in [0, 0.05) is 12.1 Å². The van der Waals surface area contributed by atoms with Crippen molar-refractivity contribution in [2.24, 2.45) is 11.8 Å². The second-order valence-electron chi connectivity index (χ2n) is 6.17. The predicted octanol–water partition coefficient (Wildman–Crippen LogP) is 2.10. The van der Waals surface area contributed by atoms with Crippen molar-refractivity contribution < 1.29 is 5.11 Å². The Labute approximate surface area is 113 Å². The summed E-state index contributed by atoms with van der Waals surface area (Å²) in [5.41, 5.74) is 0. The second kappa shape index (κ2) is 8.13. The minimum Gasteiger partial charge on any atom is -0.395 e. The predicted molar refractivity (Wildman–Crippen MR) is 77.8 cm³/mol. The fourth-order valence-corrected chi connectivity index (χ4v) is 2.92. The molecule has 0 spiro atoms. The molecule has 1 rings (SSSR count). The van der Waals surface area contributed by atoms with Crippen LogP contribution in [-0.4, -0.2) is 48.3 Å². The van der Waals surface area contributed by atoms with Crippen LogP contribution in [0, 0.1) is 11.8 Å². The maximum absolute atomic E-state index is 9.38. The lowest BCUT2D eigenvalue weighted by atomic mass is 9.89. The van der Waals surface area contributed by atoms with E-state index in [9.17, 15) is 5.11 Å². The van der Waals surface area contributed by atoms with E-state index in [4.69, 9.17) is 0 Å². The molecule has 0 aliphatic carbocycles. The highest BCUT2D eigenvalue weighted by molar-refractivity contribution is 4.82. The molecular weight excluding hydrogens is 224 g/mol. The summed E-state index contributed by atoms with van der Waals surface area (Å²) in [4.78, 5) is 2.58. The minimum atomic E-state index is 0.244. The average Bonchev–Trinajstić information content (AvgIpc) is 2.36. The Hall–Kier alpha value is -0.120. The Bertz CT molecular complexity index is 213. The Kier molecular flexibility index (Phi) is 7.20. The van der Waals surface area contributed by atoms with Gasteiger partial charge in [0.15, 0.2) is 0 Å². The smallest absolute Gasteiger partial charge is 0.0587 e. The number of hydrogen-bond acceptors (Lipinski definition) is 3. The van der Waals surface area contributed by atoms with Crippen molar-refractivity contribution >= 4 is 0 Å². The van der Waals surface area contributed by atoms with Crippen LogP contribution in [0.1, 0.15) is 47.0 Å². The van der Waals surface area contributed by atoms with Crippen molar-refractivity contribution in [3.05, 3.63) is 0 Å². The Balaban J connectivity index is 2.33. The van der Waals surface area contributed by atoms with Gasteiger partial charge in [0.2, 0.25) is 0 Å². The van der Waals surface area contributed by atoms with Crippen molar-refractivity contribution in [3.63, 3.8) is 0 Å². The van der Waals surface area contributed by atoms with E-state index in [0.717, 1.165) is 5.92 Å². The summed E-state index contributed by atoms with van der Waals surface area (Å²) in [5, 5.41) is 13.0. The van der Waals surface area contributed by atoms with Gasteiger partial charge in [-0.2, -0.15) is 0 Å². The van der Waals surface area contributed by atoms with Crippen LogP contribution in [0.15, 0.2) is 0 Å². The average molecular weight is 256 g/mol. The lowest BCUT2D eigenvalue weighted by molar-refractivity contribution is 0.139. The fraction of sp³-hybridized carbons (Fsp3) is 1.00. The molecule has 1 unspecified atom stereocenters. The molecular formula is C15H32N2O. The summed E-state index contributed by atoms with van der Waals surface area (Å²) >= 11 is 0. The van der Waals surface area contributed by atoms with Gasteiger partial charge in [0.05, 0.1) is 6.61 Å². The van der Waals surface area contributed by atoms with E-state index in [-0.39, 0.29) is 12.6 Å². The molecule has 3 nitrogen and oxygen atoms in total. The van der Waals surface area contributed by atoms with Crippen molar-refractivity contribution in [1.82, 2.24) is 10.2 Å². The molecule has 0 amide bonds. The third-order valence-electron chi connectivity index (χ3n) is 4.36. The van der Waals surface area contributed by atoms with Gasteiger partial charge in [-0.25, -0.2) is 0 Å². The van der Waals surface area contributed by atoms with E-state index >= 15 is 0 Å². The van der Waals surface area contributed by atoms with E-state index in [2.05, 4.69) is 37.9 Å². The molecule has 0 aromatic heterocycles. The molecule has 0 radical (unpaired) electrons. The Morgan fingerprint density at radius 1 is 1.22 bits per heavy atom. The lowest BCUT2D eigenvalue weighted by Crippen LogP contribution is -2.48. The number of piperidine rings is 1. The first kappa shape index (κ1) is 15.9. The zero-order valence-corrected chi connectivity index (χ0v) is 12.7. The zero-order valence-electron chi connectivity index (χ0n) is 12.7. The summed E-state index contributed by atoms with van der Waals surface area (Å²) in [5.74, 6) is 1.27. The van der Waals surface area contributed by atoms with Gasteiger partial charge in [-0.05, 0) is 57.7 Å². The van der Waals surface area contributed by atoms with Gasteiger partial charge in [-0.3, -0.25) is 0 Å². The highest BCUT2D eigenvalue weighted by Crippen LogP contribution is 2.21. The summed E-state index contributed by atoms with van der Waals surface area (Å²) in [6.07, 6.45) is 3.85. The molecule has 0 bridgehead atoms. The fourth-order valence-electron chi connectivity index (χ4n) is 2.92. The number of nitrogens with zero attached hydrogens (tertiary/aromatic N) is 1. The van der Waals surface area contributed by atoms with E-state index in [1.54, 1.807) is 0 Å². The minimum absolute atomic E-state index is 0.244. The van der Waals surface area contributed by atoms with E-state index in [1.165, 1.54) is 38.9 Å². The van der Waals surface area contributed by atoms with Crippen molar-refractivity contribution in [3.8, 4) is 0 Å². The number of hydrogen-bond donors (Lipinski definition) is 2. The quantitative estimate of drug-likeness (QED) is 0.732. The Morgan fingerprint density at radius 2 is 1.83 bits per heavy atom. The summed E-state index contributed by atoms with van der Waals surface area (Å²) in [6.45, 7) is 12.9. The zero-order chi connectivity index (χ0) is 13.5. The molecule has 0 aromatic carbocycles. The van der Waals surface area contributed by atoms with Gasteiger partial charge in [-0.15, -0.1) is 0 Å². The summed E-state index contributed by atoms with van der Waals surface area (Å²) in [7, 11) is 0. The maximum Gasteiger partial charge on any atom is 0.0587 e. The molecule has 3 heteroatoms. The van der Waals surface area contributed by atoms with Crippen molar-refractivity contribution in [2.45, 2.75) is 59.0 Å². The van der Waals surface area contributed by atoms with Gasteiger partial charge in [0.25, 0.3) is 0 Å². The van der Waals surface area contributed by atoms with Crippen LogP contribution < -0.4 is 5.32 Å². The molecule has 1 saturated heterocycles. The van der Waals surface area contributed by atoms with Crippen LogP contribution in [0.5, 0.6) is 0 Å². The molecule has 1 aliphatic rings. The second-order valence-corrected chi connectivity index (χ2v) is 6.17. The van der Waals surface area contributed by atoms with E-state index in [0.29, 0.717) is 12.0 Å². The van der Waals surface area contributed by atoms with Crippen molar-refractivity contribution in [2.75, 3.05) is 26.2 Å². The maximum atomic E-state index is 9.38. The van der Waals surface area contributed by atoms with Gasteiger partial charge in [0.1, 0.15) is 0 Å². The molecule has 0 saturated carbocycles. The normalized spacial score (nSPS) is 22.3. The molecule has 1 heterocycles. The molecule has 0 aromatic rings. The molecule has 18 heavy (non-hydrogen) atoms. The molecule has 2 N–H and O–H groups in total. The third kappa shape index (κ3) is 4.87. The number of nitrogens with one attached hydrogen (secondary N) is 1. The highest BCUT2D eigenvalue weighted by Gasteiger charge is 2.25. The van der Waals surface area contributed by atoms with Crippen LogP contribution in [0.25, 0.3) is 0 Å². The van der Waals surface area contributed by atoms with Crippen LogP contribution in [0.2, 0.25) is 0 Å². The number of aliphatic hydroxyl groups excluding tert-OH is 1. The monoisotopic (exact) mass is 256 g/mol. The SMILES string of the molecule is CCCN1CCC(C(C)N[C@H](CO)C(C)C)CC1. The third-order valence-corrected chi connectivity index (χ3v) is 4.36. The van der Waals surface area contributed by atoms with Crippen LogP contribution in [0.3, 0.4) is 0 Å². The standard InChI is InChI=1S/C15H32N2O/c1-5-8-17-9-6-14(7-10-17)13(4)16-15(11-18)12(2)3/h12-16,18H,5-11H2,1-4H3/t13?,15-/m1/s1. The first-order valence-electron chi connectivity index (χ1n) is 7.67. The van der Waals surface area contributed by atoms with E-state index in [1.807, 2.05) is 0 Å². The molecule has 2 atom stereocenters. The molecule has 108 valence electrons. The van der Waals surface area contributed by atoms with Gasteiger partial charge < -0.3 is 15.3 Å². The van der Waals surface area contributed by atoms with Crippen molar-refractivity contribution in [1.29, 1.82) is 0 Å². The van der Waals surface area contributed by atoms with Gasteiger partial charge >= 0.3 is 0 Å². The first-order valence-corrected chi connectivity index (χ1v) is 7.67. The summed E-state index contributed by atoms with van der Waals surface area (Å²) in [6, 6.07) is 0.766.